The molecule has 0 bridgehead atoms. The molecule has 0 saturated heterocycles. The molecule has 1 fully saturated rings. The van der Waals surface area contributed by atoms with E-state index < -0.39 is 40.0 Å². The molecule has 5 atom stereocenters. The van der Waals surface area contributed by atoms with Gasteiger partial charge in [-0.25, -0.2) is 0 Å². The Morgan fingerprint density at radius 1 is 1.18 bits per heavy atom. The van der Waals surface area contributed by atoms with Crippen molar-refractivity contribution in [3.8, 4) is 0 Å². The molecule has 0 aromatic heterocycles. The van der Waals surface area contributed by atoms with Crippen molar-refractivity contribution in [3.63, 3.8) is 0 Å². The van der Waals surface area contributed by atoms with Crippen molar-refractivity contribution in [2.75, 3.05) is 18.9 Å². The Hall–Kier alpha value is -0.972. The summed E-state index contributed by atoms with van der Waals surface area (Å²) in [6.45, 7) is 3.70. The molecular formula is C24H40AsN2O5P. The van der Waals surface area contributed by atoms with Crippen molar-refractivity contribution in [1.82, 2.24) is 5.32 Å². The van der Waals surface area contributed by atoms with Crippen LogP contribution in [0, 0.1) is 11.8 Å². The number of aliphatic hydroxyl groups is 1. The van der Waals surface area contributed by atoms with Gasteiger partial charge in [0.15, 0.2) is 0 Å². The number of hydrogen-bond donors (Lipinski definition) is 4. The second kappa shape index (κ2) is 13.8. The van der Waals surface area contributed by atoms with E-state index in [1.807, 2.05) is 44.2 Å². The molecule has 186 valence electrons. The van der Waals surface area contributed by atoms with Crippen LogP contribution >= 0.6 is 7.37 Å². The Morgan fingerprint density at radius 3 is 2.42 bits per heavy atom. The summed E-state index contributed by atoms with van der Waals surface area (Å²) in [5, 5.41) is 13.0. The molecule has 5 unspecified atom stereocenters. The Bertz CT molecular complexity index is 801. The SMILES string of the molecule is CC(C)C([AsH]C(=O)C(N)Cc1ccccc1)C(=O)NCC(O)CP(=O)(O)CC1CCCCC1. The van der Waals surface area contributed by atoms with Gasteiger partial charge in [0.2, 0.25) is 0 Å². The number of aliphatic hydroxyl groups excluding tert-OH is 1. The fourth-order valence-corrected chi connectivity index (χ4v) is 8.93. The number of amides is 1. The second-order valence-electron chi connectivity index (χ2n) is 9.64. The molecule has 2 rings (SSSR count). The van der Waals surface area contributed by atoms with E-state index in [1.165, 1.54) is 6.42 Å². The van der Waals surface area contributed by atoms with Crippen LogP contribution in [-0.4, -0.2) is 67.2 Å². The van der Waals surface area contributed by atoms with Crippen LogP contribution in [0.2, 0.25) is 4.71 Å². The normalized spacial score (nSPS) is 19.8. The van der Waals surface area contributed by atoms with E-state index in [1.54, 1.807) is 0 Å². The van der Waals surface area contributed by atoms with Crippen molar-refractivity contribution in [3.05, 3.63) is 35.9 Å². The first-order valence-electron chi connectivity index (χ1n) is 11.9. The molecule has 1 aliphatic carbocycles. The average Bonchev–Trinajstić information content (AvgIpc) is 2.76. The monoisotopic (exact) mass is 542 g/mol. The number of nitrogens with one attached hydrogen (secondary N) is 1. The number of nitrogens with two attached hydrogens (primary N) is 1. The van der Waals surface area contributed by atoms with Gasteiger partial charge in [-0.1, -0.05) is 0 Å². The molecular weight excluding hydrogens is 502 g/mol. The third-order valence-corrected chi connectivity index (χ3v) is 12.2. The van der Waals surface area contributed by atoms with Gasteiger partial charge in [0.25, 0.3) is 0 Å². The fourth-order valence-electron chi connectivity index (χ4n) is 4.33. The first-order valence-corrected chi connectivity index (χ1v) is 16.2. The Kier molecular flexibility index (Phi) is 11.8. The summed E-state index contributed by atoms with van der Waals surface area (Å²) < 4.78 is 12.1. The van der Waals surface area contributed by atoms with Gasteiger partial charge in [-0.3, -0.25) is 0 Å². The molecule has 7 nitrogen and oxygen atoms in total. The topological polar surface area (TPSA) is 130 Å². The van der Waals surface area contributed by atoms with Crippen molar-refractivity contribution < 1.29 is 24.2 Å². The molecule has 0 aliphatic heterocycles. The summed E-state index contributed by atoms with van der Waals surface area (Å²) in [4.78, 5) is 35.8. The van der Waals surface area contributed by atoms with E-state index in [2.05, 4.69) is 5.32 Å². The van der Waals surface area contributed by atoms with Gasteiger partial charge in [0.1, 0.15) is 0 Å². The fraction of sp³-hybridized carbons (Fsp3) is 0.667. The van der Waals surface area contributed by atoms with Crippen LogP contribution in [-0.2, 0) is 20.6 Å². The quantitative estimate of drug-likeness (QED) is 0.224. The molecule has 1 aromatic carbocycles. The second-order valence-corrected chi connectivity index (χ2v) is 15.0. The van der Waals surface area contributed by atoms with Crippen LogP contribution < -0.4 is 11.1 Å². The van der Waals surface area contributed by atoms with E-state index in [9.17, 15) is 24.2 Å². The summed E-state index contributed by atoms with van der Waals surface area (Å²) >= 11 is -1.32. The predicted molar refractivity (Wildman–Crippen MR) is 134 cm³/mol. The van der Waals surface area contributed by atoms with Crippen LogP contribution in [0.1, 0.15) is 51.5 Å². The van der Waals surface area contributed by atoms with Crippen LogP contribution in [0.5, 0.6) is 0 Å². The number of benzene rings is 1. The third kappa shape index (κ3) is 10.4. The van der Waals surface area contributed by atoms with Crippen LogP contribution in [0.4, 0.5) is 0 Å². The van der Waals surface area contributed by atoms with Crippen LogP contribution in [0.15, 0.2) is 30.3 Å². The zero-order chi connectivity index (χ0) is 24.4. The van der Waals surface area contributed by atoms with Gasteiger partial charge in [-0.2, -0.15) is 0 Å². The standard InChI is InChI=1S/C24H40AsN2O5P/c1-17(2)22(25-23(29)21(26)13-18-9-5-3-6-10-18)24(30)27-14-20(28)16-33(31,32)15-19-11-7-4-8-12-19/h3,5-6,9-10,17,19-22,25,28H,4,7-8,11-16,26H2,1-2H3,(H,27,30)(H,31,32). The minimum absolute atomic E-state index is 0.0368. The Labute approximate surface area is 204 Å². The van der Waals surface area contributed by atoms with E-state index in [0.29, 0.717) is 6.42 Å². The van der Waals surface area contributed by atoms with Gasteiger partial charge < -0.3 is 0 Å². The van der Waals surface area contributed by atoms with Crippen molar-refractivity contribution >= 4 is 33.6 Å². The van der Waals surface area contributed by atoms with E-state index >= 15 is 0 Å². The molecule has 33 heavy (non-hydrogen) atoms. The van der Waals surface area contributed by atoms with Crippen LogP contribution in [0.25, 0.3) is 0 Å². The summed E-state index contributed by atoms with van der Waals surface area (Å²) in [6.07, 6.45) is 4.70. The minimum atomic E-state index is -3.45. The summed E-state index contributed by atoms with van der Waals surface area (Å²) in [6, 6.07) is 8.93. The first kappa shape index (κ1) is 28.3. The van der Waals surface area contributed by atoms with Gasteiger partial charge in [-0.15, -0.1) is 0 Å². The van der Waals surface area contributed by atoms with Gasteiger partial charge >= 0.3 is 205 Å². The van der Waals surface area contributed by atoms with Gasteiger partial charge in [0, 0.05) is 0 Å². The Balaban J connectivity index is 1.82. The predicted octanol–water partition coefficient (Wildman–Crippen LogP) is 2.29. The maximum absolute atomic E-state index is 12.8. The summed E-state index contributed by atoms with van der Waals surface area (Å²) in [7, 11) is -3.45. The number of carbonyl (C=O) groups excluding carboxylic acids is 2. The van der Waals surface area contributed by atoms with E-state index in [4.69, 9.17) is 5.73 Å². The first-order chi connectivity index (χ1) is 15.6. The average molecular weight is 542 g/mol. The van der Waals surface area contributed by atoms with E-state index in [0.717, 1.165) is 31.2 Å². The molecule has 0 radical (unpaired) electrons. The number of rotatable bonds is 13. The van der Waals surface area contributed by atoms with Crippen LogP contribution in [0.3, 0.4) is 0 Å². The molecule has 1 saturated carbocycles. The summed E-state index contributed by atoms with van der Waals surface area (Å²) in [5.41, 5.74) is 7.10. The maximum atomic E-state index is 12.8. The number of hydrogen-bond acceptors (Lipinski definition) is 5. The molecule has 1 amide bonds. The molecule has 5 N–H and O–H groups in total. The van der Waals surface area contributed by atoms with Crippen molar-refractivity contribution in [2.45, 2.75) is 69.2 Å². The molecule has 1 aliphatic rings. The molecule has 0 spiro atoms. The zero-order valence-electron chi connectivity index (χ0n) is 19.8. The molecule has 0 heterocycles. The Morgan fingerprint density at radius 2 is 1.82 bits per heavy atom. The van der Waals surface area contributed by atoms with Gasteiger partial charge in [-0.05, 0) is 0 Å². The molecule has 9 heteroatoms. The van der Waals surface area contributed by atoms with Gasteiger partial charge in [0.05, 0.1) is 0 Å². The van der Waals surface area contributed by atoms with Crippen molar-refractivity contribution in [2.24, 2.45) is 17.6 Å². The zero-order valence-corrected chi connectivity index (χ0v) is 22.8. The van der Waals surface area contributed by atoms with Crippen molar-refractivity contribution in [1.29, 1.82) is 0 Å². The summed E-state index contributed by atoms with van der Waals surface area (Å²) in [5.74, 6) is -0.0761. The third-order valence-electron chi connectivity index (χ3n) is 6.16. The van der Waals surface area contributed by atoms with E-state index in [-0.39, 0.29) is 41.2 Å². The molecule has 1 aromatic rings. The number of carbonyl (C=O) groups is 2.